The van der Waals surface area contributed by atoms with Gasteiger partial charge in [-0.1, -0.05) is 11.6 Å². The second-order valence-electron chi connectivity index (χ2n) is 3.26. The van der Waals surface area contributed by atoms with E-state index in [2.05, 4.69) is 20.4 Å². The van der Waals surface area contributed by atoms with Crippen LogP contribution in [0.1, 0.15) is 17.4 Å². The summed E-state index contributed by atoms with van der Waals surface area (Å²) in [4.78, 5) is 19.4. The predicted octanol–water partition coefficient (Wildman–Crippen LogP) is 1.60. The first-order valence-electron chi connectivity index (χ1n) is 5.00. The van der Waals surface area contributed by atoms with Crippen molar-refractivity contribution >= 4 is 23.2 Å². The molecular formula is C10H10ClN5O. The molecule has 2 rings (SSSR count). The summed E-state index contributed by atoms with van der Waals surface area (Å²) in [6.07, 6.45) is 5.96. The molecule has 0 aliphatic rings. The number of hydrogen-bond donors (Lipinski definition) is 1. The Labute approximate surface area is 103 Å². The molecule has 0 aromatic carbocycles. The van der Waals surface area contributed by atoms with E-state index >= 15 is 0 Å². The number of aromatic nitrogens is 4. The van der Waals surface area contributed by atoms with Crippen molar-refractivity contribution in [2.75, 3.05) is 5.32 Å². The van der Waals surface area contributed by atoms with Crippen LogP contribution in [-0.4, -0.2) is 25.7 Å². The Morgan fingerprint density at radius 3 is 2.82 bits per heavy atom. The Balaban J connectivity index is 2.08. The average Bonchev–Trinajstić information content (AvgIpc) is 2.77. The van der Waals surface area contributed by atoms with E-state index in [1.54, 1.807) is 17.1 Å². The minimum absolute atomic E-state index is 0.207. The molecule has 7 heteroatoms. The van der Waals surface area contributed by atoms with E-state index in [0.717, 1.165) is 6.54 Å². The Morgan fingerprint density at radius 2 is 2.24 bits per heavy atom. The first-order chi connectivity index (χ1) is 8.19. The first-order valence-corrected chi connectivity index (χ1v) is 5.38. The Kier molecular flexibility index (Phi) is 3.34. The monoisotopic (exact) mass is 251 g/mol. The van der Waals surface area contributed by atoms with E-state index in [1.165, 1.54) is 12.4 Å². The summed E-state index contributed by atoms with van der Waals surface area (Å²) in [6.45, 7) is 2.71. The van der Waals surface area contributed by atoms with Crippen molar-refractivity contribution in [2.24, 2.45) is 0 Å². The number of carbonyl (C=O) groups is 1. The van der Waals surface area contributed by atoms with E-state index in [0.29, 0.717) is 5.69 Å². The lowest BCUT2D eigenvalue weighted by Crippen LogP contribution is -2.13. The van der Waals surface area contributed by atoms with Gasteiger partial charge < -0.3 is 5.32 Å². The fourth-order valence-electron chi connectivity index (χ4n) is 1.23. The summed E-state index contributed by atoms with van der Waals surface area (Å²) in [5, 5.41) is 6.96. The van der Waals surface area contributed by atoms with Crippen LogP contribution in [0, 0.1) is 0 Å². The molecule has 0 spiro atoms. The predicted molar refractivity (Wildman–Crippen MR) is 62.9 cm³/mol. The van der Waals surface area contributed by atoms with E-state index in [1.807, 2.05) is 6.92 Å². The average molecular weight is 252 g/mol. The molecule has 6 nitrogen and oxygen atoms in total. The SMILES string of the molecule is CCn1cc(NC(=O)c2cnc(Cl)cn2)cn1. The molecule has 0 atom stereocenters. The van der Waals surface area contributed by atoms with Crippen LogP contribution in [0.2, 0.25) is 5.15 Å². The van der Waals surface area contributed by atoms with Crippen LogP contribution in [0.15, 0.2) is 24.8 Å². The molecule has 2 aromatic heterocycles. The zero-order valence-corrected chi connectivity index (χ0v) is 9.85. The van der Waals surface area contributed by atoms with Crippen molar-refractivity contribution in [1.82, 2.24) is 19.7 Å². The molecule has 0 aliphatic heterocycles. The highest BCUT2D eigenvalue weighted by atomic mass is 35.5. The zero-order valence-electron chi connectivity index (χ0n) is 9.09. The number of nitrogens with one attached hydrogen (secondary N) is 1. The molecule has 1 amide bonds. The van der Waals surface area contributed by atoms with Crippen LogP contribution < -0.4 is 5.32 Å². The number of hydrogen-bond acceptors (Lipinski definition) is 4. The van der Waals surface area contributed by atoms with Gasteiger partial charge in [-0.3, -0.25) is 9.48 Å². The van der Waals surface area contributed by atoms with E-state index in [-0.39, 0.29) is 16.8 Å². The number of aryl methyl sites for hydroxylation is 1. The summed E-state index contributed by atoms with van der Waals surface area (Å²) in [6, 6.07) is 0. The quantitative estimate of drug-likeness (QED) is 0.899. The van der Waals surface area contributed by atoms with Gasteiger partial charge in [-0.05, 0) is 6.92 Å². The lowest BCUT2D eigenvalue weighted by atomic mass is 10.4. The van der Waals surface area contributed by atoms with Crippen LogP contribution in [0.25, 0.3) is 0 Å². The first kappa shape index (κ1) is 11.5. The molecule has 17 heavy (non-hydrogen) atoms. The summed E-state index contributed by atoms with van der Waals surface area (Å²) in [5.74, 6) is -0.343. The van der Waals surface area contributed by atoms with Gasteiger partial charge in [0, 0.05) is 12.7 Å². The molecule has 0 unspecified atom stereocenters. The van der Waals surface area contributed by atoms with Crippen molar-refractivity contribution in [3.63, 3.8) is 0 Å². The van der Waals surface area contributed by atoms with Crippen molar-refractivity contribution in [2.45, 2.75) is 13.5 Å². The highest BCUT2D eigenvalue weighted by molar-refractivity contribution is 6.29. The lowest BCUT2D eigenvalue weighted by molar-refractivity contribution is 0.102. The molecule has 0 bridgehead atoms. The lowest BCUT2D eigenvalue weighted by Gasteiger charge is -2.00. The maximum atomic E-state index is 11.7. The maximum Gasteiger partial charge on any atom is 0.275 e. The van der Waals surface area contributed by atoms with Gasteiger partial charge in [0.15, 0.2) is 0 Å². The molecule has 2 heterocycles. The van der Waals surface area contributed by atoms with E-state index in [9.17, 15) is 4.79 Å². The molecule has 0 saturated heterocycles. The Morgan fingerprint density at radius 1 is 1.41 bits per heavy atom. The second-order valence-corrected chi connectivity index (χ2v) is 3.65. The number of anilines is 1. The fourth-order valence-corrected chi connectivity index (χ4v) is 1.32. The minimum Gasteiger partial charge on any atom is -0.318 e. The van der Waals surface area contributed by atoms with Crippen LogP contribution >= 0.6 is 11.6 Å². The summed E-state index contributed by atoms with van der Waals surface area (Å²) < 4.78 is 1.71. The minimum atomic E-state index is -0.343. The number of rotatable bonds is 3. The van der Waals surface area contributed by atoms with Crippen LogP contribution in [0.4, 0.5) is 5.69 Å². The zero-order chi connectivity index (χ0) is 12.3. The molecular weight excluding hydrogens is 242 g/mol. The van der Waals surface area contributed by atoms with Gasteiger partial charge in [-0.25, -0.2) is 9.97 Å². The van der Waals surface area contributed by atoms with Gasteiger partial charge in [0.1, 0.15) is 10.8 Å². The number of halogens is 1. The van der Waals surface area contributed by atoms with Crippen LogP contribution in [-0.2, 0) is 6.54 Å². The van der Waals surface area contributed by atoms with Gasteiger partial charge in [0.25, 0.3) is 5.91 Å². The number of carbonyl (C=O) groups excluding carboxylic acids is 1. The Hall–Kier alpha value is -1.95. The third kappa shape index (κ3) is 2.79. The van der Waals surface area contributed by atoms with E-state index < -0.39 is 0 Å². The van der Waals surface area contributed by atoms with Gasteiger partial charge in [0.2, 0.25) is 0 Å². The highest BCUT2D eigenvalue weighted by Crippen LogP contribution is 2.07. The molecule has 0 aliphatic carbocycles. The standard InChI is InChI=1S/C10H10ClN5O/c1-2-16-6-7(3-14-16)15-10(17)8-4-13-9(11)5-12-8/h3-6H,2H2,1H3,(H,15,17). The van der Waals surface area contributed by atoms with Crippen LogP contribution in [0.3, 0.4) is 0 Å². The summed E-state index contributed by atoms with van der Waals surface area (Å²) in [7, 11) is 0. The molecule has 0 radical (unpaired) electrons. The molecule has 0 fully saturated rings. The molecule has 0 saturated carbocycles. The maximum absolute atomic E-state index is 11.7. The van der Waals surface area contributed by atoms with Gasteiger partial charge in [-0.15, -0.1) is 0 Å². The fraction of sp³-hybridized carbons (Fsp3) is 0.200. The third-order valence-electron chi connectivity index (χ3n) is 2.07. The Bertz CT molecular complexity index is 522. The van der Waals surface area contributed by atoms with E-state index in [4.69, 9.17) is 11.6 Å². The topological polar surface area (TPSA) is 72.7 Å². The summed E-state index contributed by atoms with van der Waals surface area (Å²) in [5.41, 5.74) is 0.826. The number of nitrogens with zero attached hydrogens (tertiary/aromatic N) is 4. The van der Waals surface area contributed by atoms with Gasteiger partial charge in [0.05, 0.1) is 24.3 Å². The molecule has 2 aromatic rings. The highest BCUT2D eigenvalue weighted by Gasteiger charge is 2.09. The summed E-state index contributed by atoms with van der Waals surface area (Å²) >= 11 is 5.58. The second kappa shape index (κ2) is 4.92. The van der Waals surface area contributed by atoms with Crippen molar-refractivity contribution in [3.8, 4) is 0 Å². The van der Waals surface area contributed by atoms with Crippen molar-refractivity contribution < 1.29 is 4.79 Å². The third-order valence-corrected chi connectivity index (χ3v) is 2.26. The van der Waals surface area contributed by atoms with Gasteiger partial charge in [-0.2, -0.15) is 5.10 Å². The van der Waals surface area contributed by atoms with Crippen molar-refractivity contribution in [1.29, 1.82) is 0 Å². The van der Waals surface area contributed by atoms with Crippen molar-refractivity contribution in [3.05, 3.63) is 35.6 Å². The number of amides is 1. The van der Waals surface area contributed by atoms with Gasteiger partial charge >= 0.3 is 0 Å². The largest absolute Gasteiger partial charge is 0.318 e. The normalized spacial score (nSPS) is 10.2. The van der Waals surface area contributed by atoms with Crippen LogP contribution in [0.5, 0.6) is 0 Å². The molecule has 1 N–H and O–H groups in total. The smallest absolute Gasteiger partial charge is 0.275 e. The molecule has 88 valence electrons.